The molecular weight excluding hydrogens is 282 g/mol. The SMILES string of the molecule is CCCN(CCC)S(=O)(=O)c1cccc2c(C)cccc12. The average molecular weight is 305 g/mol. The summed E-state index contributed by atoms with van der Waals surface area (Å²) in [7, 11) is -3.44. The Balaban J connectivity index is 2.61. The van der Waals surface area contributed by atoms with E-state index >= 15 is 0 Å². The Morgan fingerprint density at radius 2 is 1.48 bits per heavy atom. The maximum Gasteiger partial charge on any atom is 0.243 e. The second-order valence-corrected chi connectivity index (χ2v) is 7.24. The molecule has 0 spiro atoms. The molecule has 0 saturated heterocycles. The smallest absolute Gasteiger partial charge is 0.207 e. The fourth-order valence-electron chi connectivity index (χ4n) is 2.65. The molecule has 0 amide bonds. The molecule has 0 radical (unpaired) electrons. The number of fused-ring (bicyclic) bond motifs is 1. The van der Waals surface area contributed by atoms with Gasteiger partial charge in [0.15, 0.2) is 0 Å². The van der Waals surface area contributed by atoms with E-state index < -0.39 is 10.0 Å². The highest BCUT2D eigenvalue weighted by Crippen LogP contribution is 2.27. The van der Waals surface area contributed by atoms with E-state index in [1.807, 2.05) is 51.1 Å². The minimum atomic E-state index is -3.44. The van der Waals surface area contributed by atoms with E-state index in [1.165, 1.54) is 0 Å². The highest BCUT2D eigenvalue weighted by molar-refractivity contribution is 7.89. The summed E-state index contributed by atoms with van der Waals surface area (Å²) in [6.45, 7) is 7.15. The second-order valence-electron chi connectivity index (χ2n) is 5.33. The summed E-state index contributed by atoms with van der Waals surface area (Å²) in [5.41, 5.74) is 1.10. The first-order valence-corrected chi connectivity index (χ1v) is 8.94. The predicted molar refractivity (Wildman–Crippen MR) is 88.0 cm³/mol. The van der Waals surface area contributed by atoms with Crippen molar-refractivity contribution < 1.29 is 8.42 Å². The van der Waals surface area contributed by atoms with E-state index in [9.17, 15) is 8.42 Å². The van der Waals surface area contributed by atoms with E-state index in [4.69, 9.17) is 0 Å². The van der Waals surface area contributed by atoms with E-state index in [1.54, 1.807) is 10.4 Å². The van der Waals surface area contributed by atoms with Gasteiger partial charge in [0.25, 0.3) is 0 Å². The third-order valence-corrected chi connectivity index (χ3v) is 5.62. The van der Waals surface area contributed by atoms with Crippen molar-refractivity contribution in [1.29, 1.82) is 0 Å². The van der Waals surface area contributed by atoms with Crippen LogP contribution in [0.2, 0.25) is 0 Å². The summed E-state index contributed by atoms with van der Waals surface area (Å²) in [5.74, 6) is 0. The van der Waals surface area contributed by atoms with Crippen LogP contribution >= 0.6 is 0 Å². The van der Waals surface area contributed by atoms with Crippen molar-refractivity contribution in [3.63, 3.8) is 0 Å². The number of hydrogen-bond donors (Lipinski definition) is 0. The van der Waals surface area contributed by atoms with Gasteiger partial charge in [-0.25, -0.2) is 8.42 Å². The number of rotatable bonds is 6. The van der Waals surface area contributed by atoms with Gasteiger partial charge < -0.3 is 0 Å². The number of benzene rings is 2. The Labute approximate surface area is 127 Å². The van der Waals surface area contributed by atoms with Crippen LogP contribution < -0.4 is 0 Å². The van der Waals surface area contributed by atoms with Crippen LogP contribution in [0.3, 0.4) is 0 Å². The fourth-order valence-corrected chi connectivity index (χ4v) is 4.48. The molecule has 3 nitrogen and oxygen atoms in total. The van der Waals surface area contributed by atoms with E-state index in [0.29, 0.717) is 18.0 Å². The topological polar surface area (TPSA) is 37.4 Å². The van der Waals surface area contributed by atoms with E-state index in [-0.39, 0.29) is 0 Å². The van der Waals surface area contributed by atoms with Crippen LogP contribution in [-0.4, -0.2) is 25.8 Å². The largest absolute Gasteiger partial charge is 0.243 e. The Morgan fingerprint density at radius 3 is 2.10 bits per heavy atom. The minimum absolute atomic E-state index is 0.422. The number of nitrogens with zero attached hydrogens (tertiary/aromatic N) is 1. The maximum atomic E-state index is 13.0. The van der Waals surface area contributed by atoms with Crippen molar-refractivity contribution in [3.05, 3.63) is 42.0 Å². The molecule has 0 aliphatic rings. The van der Waals surface area contributed by atoms with Crippen molar-refractivity contribution >= 4 is 20.8 Å². The van der Waals surface area contributed by atoms with Gasteiger partial charge in [-0.1, -0.05) is 44.2 Å². The third-order valence-electron chi connectivity index (χ3n) is 3.66. The van der Waals surface area contributed by atoms with Crippen molar-refractivity contribution in [2.75, 3.05) is 13.1 Å². The highest BCUT2D eigenvalue weighted by Gasteiger charge is 2.24. The lowest BCUT2D eigenvalue weighted by Gasteiger charge is -2.22. The van der Waals surface area contributed by atoms with Crippen LogP contribution in [0.1, 0.15) is 32.3 Å². The first-order chi connectivity index (χ1) is 10.0. The lowest BCUT2D eigenvalue weighted by molar-refractivity contribution is 0.410. The summed E-state index contributed by atoms with van der Waals surface area (Å²) in [6, 6.07) is 11.3. The maximum absolute atomic E-state index is 13.0. The Bertz CT molecular complexity index is 717. The van der Waals surface area contributed by atoms with Crippen LogP contribution in [-0.2, 0) is 10.0 Å². The number of hydrogen-bond acceptors (Lipinski definition) is 2. The number of aryl methyl sites for hydroxylation is 1. The zero-order chi connectivity index (χ0) is 15.5. The minimum Gasteiger partial charge on any atom is -0.207 e. The monoisotopic (exact) mass is 305 g/mol. The Kier molecular flexibility index (Phi) is 5.01. The molecule has 0 saturated carbocycles. The third kappa shape index (κ3) is 3.11. The molecule has 0 fully saturated rings. The molecule has 0 atom stereocenters. The van der Waals surface area contributed by atoms with Crippen LogP contribution in [0.5, 0.6) is 0 Å². The fraction of sp³-hybridized carbons (Fsp3) is 0.412. The molecule has 0 bridgehead atoms. The van der Waals surface area contributed by atoms with Gasteiger partial charge in [0.2, 0.25) is 10.0 Å². The molecule has 0 unspecified atom stereocenters. The lowest BCUT2D eigenvalue weighted by atomic mass is 10.1. The number of sulfonamides is 1. The summed E-state index contributed by atoms with van der Waals surface area (Å²) in [5, 5.41) is 1.82. The zero-order valence-electron chi connectivity index (χ0n) is 13.0. The van der Waals surface area contributed by atoms with Gasteiger partial charge >= 0.3 is 0 Å². The summed E-state index contributed by atoms with van der Waals surface area (Å²) >= 11 is 0. The molecule has 4 heteroatoms. The average Bonchev–Trinajstić information content (AvgIpc) is 2.47. The van der Waals surface area contributed by atoms with Gasteiger partial charge in [-0.05, 0) is 36.8 Å². The van der Waals surface area contributed by atoms with Gasteiger partial charge in [0.1, 0.15) is 0 Å². The van der Waals surface area contributed by atoms with Gasteiger partial charge in [-0.15, -0.1) is 0 Å². The predicted octanol–water partition coefficient (Wildman–Crippen LogP) is 3.96. The molecule has 2 aromatic rings. The first-order valence-electron chi connectivity index (χ1n) is 7.50. The van der Waals surface area contributed by atoms with E-state index in [2.05, 4.69) is 0 Å². The van der Waals surface area contributed by atoms with Gasteiger partial charge in [0, 0.05) is 18.5 Å². The van der Waals surface area contributed by atoms with Crippen molar-refractivity contribution in [3.8, 4) is 0 Å². The highest BCUT2D eigenvalue weighted by atomic mass is 32.2. The van der Waals surface area contributed by atoms with Crippen molar-refractivity contribution in [2.24, 2.45) is 0 Å². The zero-order valence-corrected chi connectivity index (χ0v) is 13.8. The van der Waals surface area contributed by atoms with Gasteiger partial charge in [-0.2, -0.15) is 4.31 Å². The molecule has 2 aromatic carbocycles. The van der Waals surface area contributed by atoms with Crippen LogP contribution in [0.25, 0.3) is 10.8 Å². The lowest BCUT2D eigenvalue weighted by Crippen LogP contribution is -2.32. The van der Waals surface area contributed by atoms with Crippen molar-refractivity contribution in [2.45, 2.75) is 38.5 Å². The van der Waals surface area contributed by atoms with Crippen LogP contribution in [0, 0.1) is 6.92 Å². The molecule has 2 rings (SSSR count). The Morgan fingerprint density at radius 1 is 0.905 bits per heavy atom. The molecule has 0 aromatic heterocycles. The summed E-state index contributed by atoms with van der Waals surface area (Å²) < 4.78 is 27.5. The molecule has 0 N–H and O–H groups in total. The van der Waals surface area contributed by atoms with Gasteiger partial charge in [-0.3, -0.25) is 0 Å². The molecule has 21 heavy (non-hydrogen) atoms. The first kappa shape index (κ1) is 16.0. The van der Waals surface area contributed by atoms with Gasteiger partial charge in [0.05, 0.1) is 4.90 Å². The molecule has 0 aliphatic heterocycles. The summed E-state index contributed by atoms with van der Waals surface area (Å²) in [6.07, 6.45) is 1.64. The molecule has 114 valence electrons. The second kappa shape index (κ2) is 6.58. The summed E-state index contributed by atoms with van der Waals surface area (Å²) in [4.78, 5) is 0.422. The van der Waals surface area contributed by atoms with Crippen LogP contribution in [0.15, 0.2) is 41.3 Å². The van der Waals surface area contributed by atoms with Crippen molar-refractivity contribution in [1.82, 2.24) is 4.31 Å². The quantitative estimate of drug-likeness (QED) is 0.810. The molecule has 0 aliphatic carbocycles. The Hall–Kier alpha value is -1.39. The normalized spacial score (nSPS) is 12.2. The standard InChI is InChI=1S/C17H23NO2S/c1-4-12-18(13-5-2)21(19,20)17-11-7-9-15-14(3)8-6-10-16(15)17/h6-11H,4-5,12-13H2,1-3H3. The molecular formula is C17H23NO2S. The van der Waals surface area contributed by atoms with Crippen LogP contribution in [0.4, 0.5) is 0 Å². The molecule has 0 heterocycles. The van der Waals surface area contributed by atoms with E-state index in [0.717, 1.165) is 29.2 Å².